The number of carbonyl (C=O) groups is 1. The lowest BCUT2D eigenvalue weighted by molar-refractivity contribution is -0.139. The number of ether oxygens (including phenoxy) is 2. The lowest BCUT2D eigenvalue weighted by Gasteiger charge is -2.25. The second kappa shape index (κ2) is 8.17. The first kappa shape index (κ1) is 15.2. The molecule has 1 aromatic rings. The fourth-order valence-corrected chi connectivity index (χ4v) is 3.04. The van der Waals surface area contributed by atoms with Gasteiger partial charge in [0.2, 0.25) is 0 Å². The largest absolute Gasteiger partial charge is 0.492 e. The monoisotopic (exact) mass is 295 g/mol. The molecule has 1 fully saturated rings. The number of hydrogen-bond donors (Lipinski definition) is 0. The van der Waals surface area contributed by atoms with Gasteiger partial charge in [0.15, 0.2) is 0 Å². The molecule has 1 aliphatic heterocycles. The van der Waals surface area contributed by atoms with Crippen LogP contribution in [-0.4, -0.2) is 55.7 Å². The van der Waals surface area contributed by atoms with E-state index < -0.39 is 0 Å². The molecule has 4 nitrogen and oxygen atoms in total. The maximum absolute atomic E-state index is 11.2. The quantitative estimate of drug-likeness (QED) is 0.749. The number of benzene rings is 1. The van der Waals surface area contributed by atoms with E-state index in [4.69, 9.17) is 4.74 Å². The van der Waals surface area contributed by atoms with E-state index in [0.717, 1.165) is 30.9 Å². The highest BCUT2D eigenvalue weighted by molar-refractivity contribution is 7.99. The molecule has 0 atom stereocenters. The summed E-state index contributed by atoms with van der Waals surface area (Å²) in [6.45, 7) is 4.00. The molecule has 1 saturated heterocycles. The van der Waals surface area contributed by atoms with Crippen LogP contribution in [0.4, 0.5) is 0 Å². The second-order valence-electron chi connectivity index (χ2n) is 4.70. The molecule has 0 aliphatic carbocycles. The minimum atomic E-state index is -0.221. The second-order valence-corrected chi connectivity index (χ2v) is 5.92. The Morgan fingerprint density at radius 3 is 2.60 bits per heavy atom. The number of esters is 1. The van der Waals surface area contributed by atoms with Crippen molar-refractivity contribution in [3.05, 3.63) is 29.8 Å². The van der Waals surface area contributed by atoms with Crippen molar-refractivity contribution in [2.75, 3.05) is 44.9 Å². The van der Waals surface area contributed by atoms with Crippen LogP contribution in [0, 0.1) is 0 Å². The number of carbonyl (C=O) groups excluding carboxylic acids is 1. The van der Waals surface area contributed by atoms with Crippen LogP contribution in [0.15, 0.2) is 24.3 Å². The summed E-state index contributed by atoms with van der Waals surface area (Å²) >= 11 is 2.02. The van der Waals surface area contributed by atoms with Gasteiger partial charge in [-0.1, -0.05) is 12.1 Å². The first-order valence-corrected chi connectivity index (χ1v) is 8.02. The van der Waals surface area contributed by atoms with Crippen molar-refractivity contribution in [2.24, 2.45) is 0 Å². The Hall–Kier alpha value is -1.20. The SMILES string of the molecule is COC(=O)Cc1ccc(OCCN2CCSCC2)cc1. The Labute approximate surface area is 124 Å². The fourth-order valence-electron chi connectivity index (χ4n) is 2.06. The van der Waals surface area contributed by atoms with Crippen LogP contribution in [-0.2, 0) is 16.0 Å². The maximum Gasteiger partial charge on any atom is 0.309 e. The van der Waals surface area contributed by atoms with Gasteiger partial charge in [0, 0.05) is 31.1 Å². The zero-order chi connectivity index (χ0) is 14.2. The number of thioether (sulfide) groups is 1. The van der Waals surface area contributed by atoms with Gasteiger partial charge in [-0.3, -0.25) is 9.69 Å². The van der Waals surface area contributed by atoms with Gasteiger partial charge in [-0.25, -0.2) is 0 Å². The molecule has 0 spiro atoms. The van der Waals surface area contributed by atoms with Crippen LogP contribution in [0.3, 0.4) is 0 Å². The zero-order valence-electron chi connectivity index (χ0n) is 11.8. The van der Waals surface area contributed by atoms with Gasteiger partial charge in [-0.2, -0.15) is 11.8 Å². The van der Waals surface area contributed by atoms with Crippen LogP contribution < -0.4 is 4.74 Å². The van der Waals surface area contributed by atoms with E-state index in [9.17, 15) is 4.79 Å². The van der Waals surface area contributed by atoms with Gasteiger partial charge < -0.3 is 9.47 Å². The number of nitrogens with zero attached hydrogens (tertiary/aromatic N) is 1. The fraction of sp³-hybridized carbons (Fsp3) is 0.533. The van der Waals surface area contributed by atoms with Crippen molar-refractivity contribution in [3.8, 4) is 5.75 Å². The molecule has 1 aliphatic rings. The van der Waals surface area contributed by atoms with Gasteiger partial charge >= 0.3 is 5.97 Å². The smallest absolute Gasteiger partial charge is 0.309 e. The molecule has 1 aromatic carbocycles. The Bertz CT molecular complexity index is 416. The number of rotatable bonds is 6. The van der Waals surface area contributed by atoms with Crippen LogP contribution in [0.2, 0.25) is 0 Å². The summed E-state index contributed by atoms with van der Waals surface area (Å²) < 4.78 is 10.4. The highest BCUT2D eigenvalue weighted by Gasteiger charge is 2.09. The molecule has 110 valence electrons. The maximum atomic E-state index is 11.2. The summed E-state index contributed by atoms with van der Waals surface area (Å²) in [7, 11) is 1.40. The molecule has 20 heavy (non-hydrogen) atoms. The van der Waals surface area contributed by atoms with E-state index in [1.165, 1.54) is 18.6 Å². The lowest BCUT2D eigenvalue weighted by Crippen LogP contribution is -2.35. The van der Waals surface area contributed by atoms with E-state index in [-0.39, 0.29) is 5.97 Å². The normalized spacial score (nSPS) is 15.8. The Morgan fingerprint density at radius 2 is 1.95 bits per heavy atom. The van der Waals surface area contributed by atoms with Crippen molar-refractivity contribution in [1.82, 2.24) is 4.90 Å². The molecular formula is C15H21NO3S. The minimum Gasteiger partial charge on any atom is -0.492 e. The van der Waals surface area contributed by atoms with Gasteiger partial charge in [0.05, 0.1) is 13.5 Å². The molecule has 0 radical (unpaired) electrons. The highest BCUT2D eigenvalue weighted by Crippen LogP contribution is 2.13. The predicted molar refractivity (Wildman–Crippen MR) is 81.4 cm³/mol. The molecule has 0 amide bonds. The van der Waals surface area contributed by atoms with Gasteiger partial charge in [0.25, 0.3) is 0 Å². The highest BCUT2D eigenvalue weighted by atomic mass is 32.2. The van der Waals surface area contributed by atoms with Gasteiger partial charge in [-0.15, -0.1) is 0 Å². The Morgan fingerprint density at radius 1 is 1.25 bits per heavy atom. The third kappa shape index (κ3) is 5.06. The van der Waals surface area contributed by atoms with Crippen LogP contribution in [0.1, 0.15) is 5.56 Å². The van der Waals surface area contributed by atoms with Gasteiger partial charge in [0.1, 0.15) is 12.4 Å². The molecule has 2 rings (SSSR count). The standard InChI is InChI=1S/C15H21NO3S/c1-18-15(17)12-13-2-4-14(5-3-13)19-9-6-16-7-10-20-11-8-16/h2-5H,6-12H2,1H3. The minimum absolute atomic E-state index is 0.221. The van der Waals surface area contributed by atoms with Crippen molar-refractivity contribution < 1.29 is 14.3 Å². The van der Waals surface area contributed by atoms with E-state index >= 15 is 0 Å². The number of hydrogen-bond acceptors (Lipinski definition) is 5. The molecule has 5 heteroatoms. The third-order valence-corrected chi connectivity index (χ3v) is 4.22. The molecule has 0 saturated carbocycles. The van der Waals surface area contributed by atoms with Gasteiger partial charge in [-0.05, 0) is 17.7 Å². The summed E-state index contributed by atoms with van der Waals surface area (Å²) in [5.41, 5.74) is 0.942. The molecule has 1 heterocycles. The molecule has 0 N–H and O–H groups in total. The average Bonchev–Trinajstić information content (AvgIpc) is 2.50. The van der Waals surface area contributed by atoms with Crippen LogP contribution in [0.25, 0.3) is 0 Å². The van der Waals surface area contributed by atoms with Crippen molar-refractivity contribution in [1.29, 1.82) is 0 Å². The van der Waals surface area contributed by atoms with E-state index in [1.807, 2.05) is 36.0 Å². The van der Waals surface area contributed by atoms with Crippen LogP contribution >= 0.6 is 11.8 Å². The first-order chi connectivity index (χ1) is 9.78. The van der Waals surface area contributed by atoms with E-state index in [1.54, 1.807) is 0 Å². The average molecular weight is 295 g/mol. The van der Waals surface area contributed by atoms with Crippen molar-refractivity contribution in [3.63, 3.8) is 0 Å². The molecule has 0 bridgehead atoms. The van der Waals surface area contributed by atoms with E-state index in [0.29, 0.717) is 13.0 Å². The van der Waals surface area contributed by atoms with Crippen molar-refractivity contribution in [2.45, 2.75) is 6.42 Å². The van der Waals surface area contributed by atoms with Crippen LogP contribution in [0.5, 0.6) is 5.75 Å². The first-order valence-electron chi connectivity index (χ1n) is 6.86. The lowest BCUT2D eigenvalue weighted by atomic mass is 10.1. The van der Waals surface area contributed by atoms with E-state index in [2.05, 4.69) is 9.64 Å². The Balaban J connectivity index is 1.71. The topological polar surface area (TPSA) is 38.8 Å². The zero-order valence-corrected chi connectivity index (χ0v) is 12.7. The molecule has 0 aromatic heterocycles. The summed E-state index contributed by atoms with van der Waals surface area (Å²) in [5, 5.41) is 0. The predicted octanol–water partition coefficient (Wildman–Crippen LogP) is 1.83. The summed E-state index contributed by atoms with van der Waals surface area (Å²) in [6, 6.07) is 7.63. The Kier molecular flexibility index (Phi) is 6.21. The summed E-state index contributed by atoms with van der Waals surface area (Å²) in [5.74, 6) is 3.08. The third-order valence-electron chi connectivity index (χ3n) is 3.28. The summed E-state index contributed by atoms with van der Waals surface area (Å²) in [6.07, 6.45) is 0.308. The molecule has 0 unspecified atom stereocenters. The number of methoxy groups -OCH3 is 1. The van der Waals surface area contributed by atoms with Crippen molar-refractivity contribution >= 4 is 17.7 Å². The summed E-state index contributed by atoms with van der Waals surface area (Å²) in [4.78, 5) is 13.6. The molecular weight excluding hydrogens is 274 g/mol.